The molecule has 0 aromatic heterocycles. The van der Waals surface area contributed by atoms with Crippen LogP contribution in [0.5, 0.6) is 0 Å². The third-order valence-corrected chi connectivity index (χ3v) is 4.44. The van der Waals surface area contributed by atoms with Crippen molar-refractivity contribution in [3.63, 3.8) is 0 Å². The second kappa shape index (κ2) is 8.62. The molecular weight excluding hydrogens is 354 g/mol. The zero-order chi connectivity index (χ0) is 19.2. The largest absolute Gasteiger partial charge is 0.455 e. The summed E-state index contributed by atoms with van der Waals surface area (Å²) in [6.07, 6.45) is -0.00803. The Morgan fingerprint density at radius 2 is 1.41 bits per heavy atom. The first-order valence-corrected chi connectivity index (χ1v) is 8.69. The summed E-state index contributed by atoms with van der Waals surface area (Å²) in [5.74, 6) is -1.43. The summed E-state index contributed by atoms with van der Waals surface area (Å²) in [5, 5.41) is 0. The van der Waals surface area contributed by atoms with Crippen LogP contribution in [0, 0.1) is 11.6 Å². The predicted molar refractivity (Wildman–Crippen MR) is 96.3 cm³/mol. The Morgan fingerprint density at radius 3 is 2.00 bits per heavy atom. The number of carbonyl (C=O) groups is 2. The number of ether oxygens (including phenoxy) is 1. The molecule has 0 aliphatic carbocycles. The average molecular weight is 374 g/mol. The first kappa shape index (κ1) is 18.8. The first-order valence-electron chi connectivity index (χ1n) is 8.69. The number of amides is 1. The number of halogens is 2. The second-order valence-corrected chi connectivity index (χ2v) is 6.31. The highest BCUT2D eigenvalue weighted by Gasteiger charge is 2.22. The van der Waals surface area contributed by atoms with Crippen molar-refractivity contribution in [2.75, 3.05) is 37.7 Å². The summed E-state index contributed by atoms with van der Waals surface area (Å²) in [4.78, 5) is 27.8. The minimum atomic E-state index is -0.528. The Morgan fingerprint density at radius 1 is 0.852 bits per heavy atom. The molecule has 0 radical (unpaired) electrons. The standard InChI is InChI=1S/C20H20F2N2O3/c21-16-3-1-15(2-4-16)13-20(26)27-14-19(25)24-11-9-23(10-12-24)18-7-5-17(22)6-8-18/h1-8H,9-14H2. The van der Waals surface area contributed by atoms with Crippen molar-refractivity contribution in [1.82, 2.24) is 4.90 Å². The van der Waals surface area contributed by atoms with E-state index in [1.54, 1.807) is 17.0 Å². The van der Waals surface area contributed by atoms with Gasteiger partial charge in [0.05, 0.1) is 6.42 Å². The second-order valence-electron chi connectivity index (χ2n) is 6.31. The summed E-state index contributed by atoms with van der Waals surface area (Å²) in [5.41, 5.74) is 1.54. The quantitative estimate of drug-likeness (QED) is 0.755. The molecule has 1 saturated heterocycles. The molecule has 0 saturated carbocycles. The lowest BCUT2D eigenvalue weighted by Crippen LogP contribution is -2.50. The minimum Gasteiger partial charge on any atom is -0.455 e. The van der Waals surface area contributed by atoms with Crippen molar-refractivity contribution in [1.29, 1.82) is 0 Å². The van der Waals surface area contributed by atoms with E-state index in [2.05, 4.69) is 4.90 Å². The smallest absolute Gasteiger partial charge is 0.310 e. The zero-order valence-corrected chi connectivity index (χ0v) is 14.7. The van der Waals surface area contributed by atoms with Gasteiger partial charge in [-0.05, 0) is 42.0 Å². The van der Waals surface area contributed by atoms with E-state index < -0.39 is 5.97 Å². The van der Waals surface area contributed by atoms with Gasteiger partial charge in [-0.15, -0.1) is 0 Å². The summed E-state index contributed by atoms with van der Waals surface area (Å²) < 4.78 is 30.9. The van der Waals surface area contributed by atoms with Crippen molar-refractivity contribution < 1.29 is 23.1 Å². The summed E-state index contributed by atoms with van der Waals surface area (Å²) in [6, 6.07) is 11.8. The Kier molecular flexibility index (Phi) is 6.01. The van der Waals surface area contributed by atoms with Gasteiger partial charge in [0, 0.05) is 31.9 Å². The Balaban J connectivity index is 1.42. The molecule has 0 atom stereocenters. The van der Waals surface area contributed by atoms with Gasteiger partial charge in [-0.25, -0.2) is 8.78 Å². The van der Waals surface area contributed by atoms with Gasteiger partial charge < -0.3 is 14.5 Å². The van der Waals surface area contributed by atoms with Crippen LogP contribution in [0.1, 0.15) is 5.56 Å². The van der Waals surface area contributed by atoms with E-state index in [0.29, 0.717) is 31.7 Å². The van der Waals surface area contributed by atoms with Gasteiger partial charge in [0.2, 0.25) is 0 Å². The lowest BCUT2D eigenvalue weighted by molar-refractivity contribution is -0.151. The van der Waals surface area contributed by atoms with Crippen LogP contribution in [0.15, 0.2) is 48.5 Å². The van der Waals surface area contributed by atoms with E-state index >= 15 is 0 Å². The number of nitrogens with zero attached hydrogens (tertiary/aromatic N) is 2. The molecule has 7 heteroatoms. The number of benzene rings is 2. The molecule has 0 N–H and O–H groups in total. The van der Waals surface area contributed by atoms with Crippen molar-refractivity contribution in [2.45, 2.75) is 6.42 Å². The summed E-state index contributed by atoms with van der Waals surface area (Å²) in [7, 11) is 0. The molecule has 2 aromatic rings. The molecule has 2 aromatic carbocycles. The molecular formula is C20H20F2N2O3. The van der Waals surface area contributed by atoms with Crippen LogP contribution in [0.25, 0.3) is 0 Å². The predicted octanol–water partition coefficient (Wildman–Crippen LogP) is 2.40. The summed E-state index contributed by atoms with van der Waals surface area (Å²) >= 11 is 0. The molecule has 142 valence electrons. The number of esters is 1. The van der Waals surface area contributed by atoms with E-state index in [-0.39, 0.29) is 30.6 Å². The van der Waals surface area contributed by atoms with Crippen LogP contribution < -0.4 is 4.90 Å². The minimum absolute atomic E-state index is 0.00803. The third-order valence-electron chi connectivity index (χ3n) is 4.44. The average Bonchev–Trinajstić information content (AvgIpc) is 2.69. The number of hydrogen-bond donors (Lipinski definition) is 0. The van der Waals surface area contributed by atoms with Crippen LogP contribution >= 0.6 is 0 Å². The van der Waals surface area contributed by atoms with E-state index in [9.17, 15) is 18.4 Å². The molecule has 5 nitrogen and oxygen atoms in total. The fourth-order valence-electron chi connectivity index (χ4n) is 2.92. The number of anilines is 1. The molecule has 27 heavy (non-hydrogen) atoms. The Bertz CT molecular complexity index is 786. The molecule has 1 aliphatic rings. The third kappa shape index (κ3) is 5.26. The van der Waals surface area contributed by atoms with E-state index in [1.807, 2.05) is 0 Å². The molecule has 0 spiro atoms. The fourth-order valence-corrected chi connectivity index (χ4v) is 2.92. The van der Waals surface area contributed by atoms with Crippen molar-refractivity contribution in [2.24, 2.45) is 0 Å². The van der Waals surface area contributed by atoms with Gasteiger partial charge in [-0.2, -0.15) is 0 Å². The SMILES string of the molecule is O=C(Cc1ccc(F)cc1)OCC(=O)N1CCN(c2ccc(F)cc2)CC1. The zero-order valence-electron chi connectivity index (χ0n) is 14.7. The fraction of sp³-hybridized carbons (Fsp3) is 0.300. The first-order chi connectivity index (χ1) is 13.0. The van der Waals surface area contributed by atoms with Crippen molar-refractivity contribution in [3.05, 3.63) is 65.7 Å². The van der Waals surface area contributed by atoms with Gasteiger partial charge in [0.15, 0.2) is 6.61 Å². The van der Waals surface area contributed by atoms with Gasteiger partial charge in [-0.1, -0.05) is 12.1 Å². The number of carbonyl (C=O) groups excluding carboxylic acids is 2. The van der Waals surface area contributed by atoms with Gasteiger partial charge in [-0.3, -0.25) is 9.59 Å². The highest BCUT2D eigenvalue weighted by Crippen LogP contribution is 2.17. The highest BCUT2D eigenvalue weighted by atomic mass is 19.1. The van der Waals surface area contributed by atoms with Crippen LogP contribution in [0.2, 0.25) is 0 Å². The molecule has 0 bridgehead atoms. The van der Waals surface area contributed by atoms with Crippen LogP contribution in [-0.2, 0) is 20.7 Å². The number of piperazine rings is 1. The lowest BCUT2D eigenvalue weighted by atomic mass is 10.1. The van der Waals surface area contributed by atoms with Crippen molar-refractivity contribution >= 4 is 17.6 Å². The number of hydrogen-bond acceptors (Lipinski definition) is 4. The molecule has 1 aliphatic heterocycles. The van der Waals surface area contributed by atoms with Crippen LogP contribution in [-0.4, -0.2) is 49.6 Å². The molecule has 1 amide bonds. The Labute approximate surface area is 156 Å². The van der Waals surface area contributed by atoms with Gasteiger partial charge >= 0.3 is 5.97 Å². The van der Waals surface area contributed by atoms with E-state index in [4.69, 9.17) is 4.74 Å². The van der Waals surface area contributed by atoms with E-state index in [0.717, 1.165) is 5.69 Å². The maximum absolute atomic E-state index is 13.0. The molecule has 1 fully saturated rings. The normalized spacial score (nSPS) is 14.1. The number of rotatable bonds is 5. The monoisotopic (exact) mass is 374 g/mol. The molecule has 3 rings (SSSR count). The highest BCUT2D eigenvalue weighted by molar-refractivity contribution is 5.81. The van der Waals surface area contributed by atoms with Crippen LogP contribution in [0.4, 0.5) is 14.5 Å². The molecule has 0 unspecified atom stereocenters. The Hall–Kier alpha value is -2.96. The topological polar surface area (TPSA) is 49.9 Å². The maximum atomic E-state index is 13.0. The van der Waals surface area contributed by atoms with Crippen molar-refractivity contribution in [3.8, 4) is 0 Å². The summed E-state index contributed by atoms with van der Waals surface area (Å²) in [6.45, 7) is 1.95. The van der Waals surface area contributed by atoms with Gasteiger partial charge in [0.25, 0.3) is 5.91 Å². The lowest BCUT2D eigenvalue weighted by Gasteiger charge is -2.36. The maximum Gasteiger partial charge on any atom is 0.310 e. The molecule has 1 heterocycles. The van der Waals surface area contributed by atoms with Gasteiger partial charge in [0.1, 0.15) is 11.6 Å². The van der Waals surface area contributed by atoms with E-state index in [1.165, 1.54) is 36.4 Å². The van der Waals surface area contributed by atoms with Crippen LogP contribution in [0.3, 0.4) is 0 Å².